The summed E-state index contributed by atoms with van der Waals surface area (Å²) in [5.74, 6) is 0.337. The third-order valence-electron chi connectivity index (χ3n) is 3.94. The number of rotatable bonds is 12. The van der Waals surface area contributed by atoms with Crippen molar-refractivity contribution >= 4 is 20.6 Å². The summed E-state index contributed by atoms with van der Waals surface area (Å²) in [6, 6.07) is 3.03. The molecule has 13 heteroatoms. The first-order valence-corrected chi connectivity index (χ1v) is 10.1. The molecule has 0 aromatic heterocycles. The molecule has 1 aromatic rings. The monoisotopic (exact) mass is 684 g/mol. The minimum absolute atomic E-state index is 0. The molecule has 11 nitrogen and oxygen atoms in total. The quantitative estimate of drug-likeness (QED) is 0.116. The third kappa shape index (κ3) is 6.92. The molecule has 0 aliphatic rings. The van der Waals surface area contributed by atoms with Crippen molar-refractivity contribution < 1.29 is 37.2 Å². The van der Waals surface area contributed by atoms with Gasteiger partial charge in [0.2, 0.25) is 0 Å². The molecule has 0 aliphatic carbocycles. The van der Waals surface area contributed by atoms with E-state index < -0.39 is 19.8 Å². The number of carbonyl (C=O) groups is 1. The van der Waals surface area contributed by atoms with Crippen LogP contribution >= 0.6 is 0 Å². The fraction of sp³-hybridized carbons (Fsp3) is 0.500. The molecule has 29 heavy (non-hydrogen) atoms. The van der Waals surface area contributed by atoms with Crippen molar-refractivity contribution in [1.82, 2.24) is 5.32 Å². The first kappa shape index (κ1) is 25.6. The molecule has 0 saturated carbocycles. The van der Waals surface area contributed by atoms with Crippen LogP contribution in [0.15, 0.2) is 12.1 Å². The number of amides is 1. The molecule has 0 saturated heterocycles. The van der Waals surface area contributed by atoms with Crippen LogP contribution in [0.5, 0.6) is 11.5 Å². The number of hydrogen-bond donors (Lipinski definition) is 1. The number of benzene rings is 1. The minimum atomic E-state index is -2.70. The Labute approximate surface area is 164 Å². The fourth-order valence-corrected chi connectivity index (χ4v) is 4.12. The van der Waals surface area contributed by atoms with Crippen molar-refractivity contribution in [3.05, 3.63) is 34.9 Å². The number of hydrogen-bond acceptors (Lipinski definition) is 9. The summed E-state index contributed by atoms with van der Waals surface area (Å²) in [6.07, 6.45) is -0.175. The number of carbonyl (C=O) groups excluding carboxylic acids is 1. The van der Waals surface area contributed by atoms with E-state index in [0.717, 1.165) is 6.07 Å². The SMILES string of the molecule is [CH2-]Oc1cc([N+](=O)[O-])c(COC(=O)NCCC[Si](OC)(OC)OC)cc1OC.[Rf]. The van der Waals surface area contributed by atoms with Crippen molar-refractivity contribution in [2.24, 2.45) is 0 Å². The van der Waals surface area contributed by atoms with Crippen molar-refractivity contribution in [1.29, 1.82) is 0 Å². The average Bonchev–Trinajstić information content (AvgIpc) is 2.72. The second-order valence-corrected chi connectivity index (χ2v) is 8.53. The molecule has 0 atom stereocenters. The van der Waals surface area contributed by atoms with Crippen molar-refractivity contribution in [3.8, 4) is 11.5 Å². The molecule has 0 unspecified atom stereocenters. The zero-order valence-corrected chi connectivity index (χ0v) is 24.4. The zero-order chi connectivity index (χ0) is 21.2. The largest absolute Gasteiger partial charge is 0.663 e. The molecule has 0 bridgehead atoms. The van der Waals surface area contributed by atoms with Crippen LogP contribution in [-0.4, -0.2) is 54.8 Å². The second kappa shape index (κ2) is 12.1. The summed E-state index contributed by atoms with van der Waals surface area (Å²) >= 11 is 0. The maximum absolute atomic E-state index is 11.9. The van der Waals surface area contributed by atoms with Crippen LogP contribution in [-0.2, 0) is 24.6 Å². The van der Waals surface area contributed by atoms with Crippen LogP contribution in [0.25, 0.3) is 0 Å². The maximum Gasteiger partial charge on any atom is 0.500 e. The summed E-state index contributed by atoms with van der Waals surface area (Å²) in [5.41, 5.74) is -0.120. The molecule has 0 radical (unpaired) electrons. The predicted molar refractivity (Wildman–Crippen MR) is 100 cm³/mol. The number of ether oxygens (including phenoxy) is 3. The van der Waals surface area contributed by atoms with E-state index in [1.807, 2.05) is 0 Å². The van der Waals surface area contributed by atoms with Crippen LogP contribution in [0.3, 0.4) is 0 Å². The molecule has 0 heterocycles. The van der Waals surface area contributed by atoms with E-state index in [9.17, 15) is 14.9 Å². The molecule has 0 aliphatic heterocycles. The summed E-state index contributed by atoms with van der Waals surface area (Å²) in [4.78, 5) is 22.5. The van der Waals surface area contributed by atoms with E-state index in [2.05, 4.69) is 12.4 Å². The van der Waals surface area contributed by atoms with Gasteiger partial charge < -0.3 is 32.8 Å². The van der Waals surface area contributed by atoms with Gasteiger partial charge >= 0.3 is 14.9 Å². The van der Waals surface area contributed by atoms with Crippen LogP contribution in [0.4, 0.5) is 10.5 Å². The Morgan fingerprint density at radius 3 is 2.28 bits per heavy atom. The van der Waals surface area contributed by atoms with E-state index in [1.54, 1.807) is 0 Å². The predicted octanol–water partition coefficient (Wildman–Crippen LogP) is 2.27. The van der Waals surface area contributed by atoms with Gasteiger partial charge in [-0.05, 0) is 12.5 Å². The summed E-state index contributed by atoms with van der Waals surface area (Å²) in [6.45, 7) is -0.0216. The Morgan fingerprint density at radius 2 is 1.79 bits per heavy atom. The van der Waals surface area contributed by atoms with Gasteiger partial charge in [0.1, 0.15) is 12.4 Å². The number of alkyl carbamates (subject to hydrolysis) is 1. The molecule has 160 valence electrons. The van der Waals surface area contributed by atoms with Gasteiger partial charge in [-0.25, -0.2) is 4.79 Å². The third-order valence-corrected chi connectivity index (χ3v) is 6.77. The molecule has 1 aromatic carbocycles. The Bertz CT molecular complexity index is 666. The summed E-state index contributed by atoms with van der Waals surface area (Å²) in [7, 11) is 6.43. The van der Waals surface area contributed by atoms with E-state index in [4.69, 9.17) is 27.5 Å². The molecular weight excluding hydrogens is 659 g/mol. The van der Waals surface area contributed by atoms with E-state index in [1.165, 1.54) is 34.5 Å². The number of methoxy groups -OCH3 is 1. The smallest absolute Gasteiger partial charge is 0.500 e. The maximum atomic E-state index is 11.9. The first-order chi connectivity index (χ1) is 13.4. The topological polar surface area (TPSA) is 128 Å². The zero-order valence-electron chi connectivity index (χ0n) is 17.0. The van der Waals surface area contributed by atoms with Gasteiger partial charge in [-0.15, -0.1) is 0 Å². The molecule has 0 spiro atoms. The number of nitrogens with one attached hydrogen (secondary N) is 1. The minimum Gasteiger partial charge on any atom is -0.663 e. The summed E-state index contributed by atoms with van der Waals surface area (Å²) < 4.78 is 30.8. The van der Waals surface area contributed by atoms with Crippen molar-refractivity contribution in [3.63, 3.8) is 0 Å². The average molecular weight is 684 g/mol. The fourth-order valence-electron chi connectivity index (χ4n) is 2.40. The summed E-state index contributed by atoms with van der Waals surface area (Å²) in [5, 5.41) is 13.8. The molecule has 1 N–H and O–H groups in total. The molecule has 0 fully saturated rings. The van der Waals surface area contributed by atoms with Gasteiger partial charge in [0, 0.05) is 33.9 Å². The number of nitrogens with zero attached hydrogens (tertiary/aromatic N) is 1. The Morgan fingerprint density at radius 1 is 1.17 bits per heavy atom. The van der Waals surface area contributed by atoms with E-state index in [0.29, 0.717) is 19.0 Å². The second-order valence-electron chi connectivity index (χ2n) is 5.44. The molecular formula is C16H25N2O9RfSi-. The normalized spacial score (nSPS) is 10.7. The van der Waals surface area contributed by atoms with Gasteiger partial charge in [0.15, 0.2) is 5.75 Å². The number of nitro groups is 1. The van der Waals surface area contributed by atoms with Gasteiger partial charge in [0.05, 0.1) is 23.7 Å². The van der Waals surface area contributed by atoms with Gasteiger partial charge in [-0.2, -0.15) is 7.11 Å². The van der Waals surface area contributed by atoms with Crippen molar-refractivity contribution in [2.45, 2.75) is 19.1 Å². The van der Waals surface area contributed by atoms with E-state index in [-0.39, 0.29) is 29.4 Å². The number of nitro benzene ring substituents is 1. The Hall–Kier alpha value is -3.41. The molecule has 1 amide bonds. The molecule has 1 rings (SSSR count). The van der Waals surface area contributed by atoms with Crippen LogP contribution in [0, 0.1) is 17.2 Å². The van der Waals surface area contributed by atoms with Gasteiger partial charge in [0.25, 0.3) is 5.69 Å². The Kier molecular flexibility index (Phi) is 10.7. The van der Waals surface area contributed by atoms with Crippen LogP contribution in [0.1, 0.15) is 12.0 Å². The standard InChI is InChI=1S/C16H25N2O9Si.Rf/c1-22-14-9-12(13(18(20)21)10-15(14)23-2)11-27-16(19)17-7-6-8-28(24-3,25-4)26-5;/h9-10H,2,6-8,11H2,1,3-5H3,(H,17,19);/q-1;. The van der Waals surface area contributed by atoms with Crippen LogP contribution < -0.4 is 14.8 Å². The van der Waals surface area contributed by atoms with Gasteiger partial charge in [-0.3, -0.25) is 10.1 Å². The first-order valence-electron chi connectivity index (χ1n) is 8.19. The van der Waals surface area contributed by atoms with E-state index >= 15 is 0 Å². The van der Waals surface area contributed by atoms with Gasteiger partial charge in [-0.1, -0.05) is 0 Å². The van der Waals surface area contributed by atoms with Crippen molar-refractivity contribution in [2.75, 3.05) is 35.0 Å². The van der Waals surface area contributed by atoms with Crippen LogP contribution in [0.2, 0.25) is 6.04 Å². The Balaban J connectivity index is 0.00000784.